The van der Waals surface area contributed by atoms with Gasteiger partial charge in [0.15, 0.2) is 0 Å². The lowest BCUT2D eigenvalue weighted by Gasteiger charge is -1.81. The van der Waals surface area contributed by atoms with Gasteiger partial charge in [-0.15, -0.1) is 46.1 Å². The third-order valence-corrected chi connectivity index (χ3v) is 1.54. The fraction of sp³-hybridized carbons (Fsp3) is 0.500. The van der Waals surface area contributed by atoms with Gasteiger partial charge in [-0.2, -0.15) is 0 Å². The minimum absolute atomic E-state index is 1.08. The molecule has 0 atom stereocenters. The molecule has 0 aliphatic rings. The number of rotatable bonds is 6. The zero-order chi connectivity index (χ0) is 20.6. The van der Waals surface area contributed by atoms with Gasteiger partial charge in [0.1, 0.15) is 0 Å². The van der Waals surface area contributed by atoms with Gasteiger partial charge in [0, 0.05) is 0 Å². The van der Waals surface area contributed by atoms with E-state index in [-0.39, 0.29) is 0 Å². The zero-order valence-corrected chi connectivity index (χ0v) is 18.0. The van der Waals surface area contributed by atoms with Crippen molar-refractivity contribution < 1.29 is 0 Å². The molecular weight excluding hydrogens is 288 g/mol. The Labute approximate surface area is 156 Å². The lowest BCUT2D eigenvalue weighted by atomic mass is 10.3. The van der Waals surface area contributed by atoms with Gasteiger partial charge in [-0.3, -0.25) is 0 Å². The van der Waals surface area contributed by atoms with Crippen LogP contribution in [0, 0.1) is 0 Å². The number of unbranched alkanes of at least 4 members (excludes halogenated alkanes) is 3. The van der Waals surface area contributed by atoms with Gasteiger partial charge in [-0.25, -0.2) is 0 Å². The van der Waals surface area contributed by atoms with E-state index < -0.39 is 0 Å². The van der Waals surface area contributed by atoms with Crippen molar-refractivity contribution in [2.75, 3.05) is 0 Å². The van der Waals surface area contributed by atoms with E-state index in [4.69, 9.17) is 0 Å². The van der Waals surface area contributed by atoms with Gasteiger partial charge < -0.3 is 0 Å². The van der Waals surface area contributed by atoms with E-state index in [0.29, 0.717) is 0 Å². The Bertz CT molecular complexity index is 216. The first-order valence-corrected chi connectivity index (χ1v) is 8.91. The first-order valence-electron chi connectivity index (χ1n) is 8.91. The highest BCUT2D eigenvalue weighted by Gasteiger charge is 1.71. The summed E-state index contributed by atoms with van der Waals surface area (Å²) in [7, 11) is 0. The van der Waals surface area contributed by atoms with Crippen molar-refractivity contribution in [2.24, 2.45) is 0 Å². The molecule has 0 amide bonds. The van der Waals surface area contributed by atoms with E-state index in [1.807, 2.05) is 39.0 Å². The van der Waals surface area contributed by atoms with Crippen LogP contribution in [-0.4, -0.2) is 0 Å². The standard InChI is InChI=1S/C6H12.C5H10.2C4H8.C3H6.C2H4/c1-3-5-6-4-2;1-3-5-4-2;1-4(2)3;1-3-4-2;1-3-2;1-2/h3H,1,4-6H2,2H3;3H,1,4-5H2,2H3;1H2,2-3H3;3H,1,4H2,2H3;3H,1H2,2H3;1-2H2. The van der Waals surface area contributed by atoms with Crippen molar-refractivity contribution in [3.05, 3.63) is 75.9 Å². The van der Waals surface area contributed by atoms with Gasteiger partial charge >= 0.3 is 0 Å². The van der Waals surface area contributed by atoms with Crippen LogP contribution >= 0.6 is 0 Å². The summed E-state index contributed by atoms with van der Waals surface area (Å²) in [6, 6.07) is 0. The van der Waals surface area contributed by atoms with Crippen LogP contribution in [0.25, 0.3) is 0 Å². The van der Waals surface area contributed by atoms with E-state index in [9.17, 15) is 0 Å². The lowest BCUT2D eigenvalue weighted by molar-refractivity contribution is 0.816. The molecule has 0 aliphatic carbocycles. The van der Waals surface area contributed by atoms with Gasteiger partial charge in [-0.1, -0.05) is 69.9 Å². The maximum Gasteiger partial charge on any atom is -0.0354 e. The summed E-state index contributed by atoms with van der Waals surface area (Å²) in [5, 5.41) is 0. The van der Waals surface area contributed by atoms with Gasteiger partial charge in [0.2, 0.25) is 0 Å². The fourth-order valence-corrected chi connectivity index (χ4v) is 0.553. The van der Waals surface area contributed by atoms with Crippen LogP contribution in [0.15, 0.2) is 75.9 Å². The van der Waals surface area contributed by atoms with Gasteiger partial charge in [0.25, 0.3) is 0 Å². The quantitative estimate of drug-likeness (QED) is 0.334. The SMILES string of the molecule is C=C.C=C(C)C.C=CC.C=CCC.C=CCCC.C=CCCCC. The Morgan fingerprint density at radius 2 is 1.04 bits per heavy atom. The molecule has 144 valence electrons. The van der Waals surface area contributed by atoms with Gasteiger partial charge in [-0.05, 0) is 40.0 Å². The lowest BCUT2D eigenvalue weighted by Crippen LogP contribution is -1.61. The second-order valence-corrected chi connectivity index (χ2v) is 4.82. The first kappa shape index (κ1) is 38.2. The van der Waals surface area contributed by atoms with Crippen LogP contribution in [0.2, 0.25) is 0 Å². The second kappa shape index (κ2) is 68.4. The molecule has 0 N–H and O–H groups in total. The largest absolute Gasteiger partial charge is 0.106 e. The van der Waals surface area contributed by atoms with Crippen LogP contribution in [0.1, 0.15) is 80.1 Å². The average Bonchev–Trinajstić information content (AvgIpc) is 2.56. The number of hydrogen-bond donors (Lipinski definition) is 0. The van der Waals surface area contributed by atoms with Crippen molar-refractivity contribution >= 4 is 0 Å². The Balaban J connectivity index is -0.0000000418. The average molecular weight is 337 g/mol. The Kier molecular flexibility index (Phi) is 109. The Morgan fingerprint density at radius 3 is 1.08 bits per heavy atom. The molecule has 0 bridgehead atoms. The fourth-order valence-electron chi connectivity index (χ4n) is 0.553. The molecule has 0 nitrogen and oxygen atoms in total. The van der Waals surface area contributed by atoms with Crippen molar-refractivity contribution in [3.63, 3.8) is 0 Å². The summed E-state index contributed by atoms with van der Waals surface area (Å²) < 4.78 is 0. The molecule has 0 heteroatoms. The highest BCUT2D eigenvalue weighted by molar-refractivity contribution is 4.78. The van der Waals surface area contributed by atoms with Crippen LogP contribution in [0.3, 0.4) is 0 Å². The van der Waals surface area contributed by atoms with E-state index >= 15 is 0 Å². The molecule has 0 saturated heterocycles. The molecule has 0 unspecified atom stereocenters. The molecule has 0 fully saturated rings. The molecule has 24 heavy (non-hydrogen) atoms. The zero-order valence-electron chi connectivity index (χ0n) is 18.0. The monoisotopic (exact) mass is 336 g/mol. The van der Waals surface area contributed by atoms with E-state index in [1.54, 1.807) is 6.08 Å². The molecule has 0 aliphatic heterocycles. The van der Waals surface area contributed by atoms with Crippen LogP contribution in [0.4, 0.5) is 0 Å². The summed E-state index contributed by atoms with van der Waals surface area (Å²) >= 11 is 0. The van der Waals surface area contributed by atoms with Crippen molar-refractivity contribution in [1.29, 1.82) is 0 Å². The molecular formula is C24H48. The van der Waals surface area contributed by atoms with Gasteiger partial charge in [0.05, 0.1) is 0 Å². The first-order chi connectivity index (χ1) is 11.4. The number of allylic oxidation sites excluding steroid dienone is 5. The second-order valence-electron chi connectivity index (χ2n) is 4.82. The van der Waals surface area contributed by atoms with Crippen LogP contribution < -0.4 is 0 Å². The molecule has 0 radical (unpaired) electrons. The van der Waals surface area contributed by atoms with Crippen molar-refractivity contribution in [2.45, 2.75) is 80.1 Å². The summed E-state index contributed by atoms with van der Waals surface area (Å²) in [5.41, 5.74) is 1.17. The molecule has 0 aromatic heterocycles. The third-order valence-electron chi connectivity index (χ3n) is 1.54. The third kappa shape index (κ3) is 392. The predicted octanol–water partition coefficient (Wildman–Crippen LogP) is 9.49. The van der Waals surface area contributed by atoms with Crippen molar-refractivity contribution in [1.82, 2.24) is 0 Å². The maximum atomic E-state index is 3.60. The molecule has 0 aromatic rings. The summed E-state index contributed by atoms with van der Waals surface area (Å²) in [4.78, 5) is 0. The predicted molar refractivity (Wildman–Crippen MR) is 123 cm³/mol. The van der Waals surface area contributed by atoms with E-state index in [1.165, 1.54) is 31.3 Å². The summed E-state index contributed by atoms with van der Waals surface area (Å²) in [6.07, 6.45) is 14.7. The summed E-state index contributed by atoms with van der Waals surface area (Å²) in [6.45, 7) is 35.8. The minimum atomic E-state index is 1.08. The number of hydrogen-bond acceptors (Lipinski definition) is 0. The Hall–Kier alpha value is -1.56. The van der Waals surface area contributed by atoms with E-state index in [2.05, 4.69) is 66.8 Å². The smallest absolute Gasteiger partial charge is 0.0354 e. The normalized spacial score (nSPS) is 6.42. The van der Waals surface area contributed by atoms with Crippen molar-refractivity contribution in [3.8, 4) is 0 Å². The molecule has 0 rings (SSSR count). The summed E-state index contributed by atoms with van der Waals surface area (Å²) in [5.74, 6) is 0. The topological polar surface area (TPSA) is 0 Å². The minimum Gasteiger partial charge on any atom is -0.106 e. The highest BCUT2D eigenvalue weighted by Crippen LogP contribution is 1.91. The van der Waals surface area contributed by atoms with Crippen LogP contribution in [0.5, 0.6) is 0 Å². The molecule has 0 saturated carbocycles. The van der Waals surface area contributed by atoms with E-state index in [0.717, 1.165) is 12.8 Å². The Morgan fingerprint density at radius 1 is 0.750 bits per heavy atom. The molecule has 0 heterocycles. The molecule has 0 aromatic carbocycles. The van der Waals surface area contributed by atoms with Crippen LogP contribution in [-0.2, 0) is 0 Å². The molecule has 0 spiro atoms. The highest BCUT2D eigenvalue weighted by atomic mass is 13.8. The maximum absolute atomic E-state index is 3.60.